The molecular formula is C17H38N2O2. The third-order valence-electron chi connectivity index (χ3n) is 3.05. The molecule has 0 aromatic rings. The van der Waals surface area contributed by atoms with Crippen LogP contribution in [-0.4, -0.2) is 50.6 Å². The van der Waals surface area contributed by atoms with E-state index in [1.54, 1.807) is 0 Å². The van der Waals surface area contributed by atoms with Crippen LogP contribution in [0.3, 0.4) is 0 Å². The number of hydrogen-bond donors (Lipinski definition) is 2. The van der Waals surface area contributed by atoms with Crippen LogP contribution in [0.2, 0.25) is 0 Å². The van der Waals surface area contributed by atoms with E-state index in [4.69, 9.17) is 9.47 Å². The first kappa shape index (κ1) is 20.8. The van der Waals surface area contributed by atoms with E-state index in [2.05, 4.69) is 52.2 Å². The van der Waals surface area contributed by atoms with E-state index in [1.165, 1.54) is 6.42 Å². The Hall–Kier alpha value is -0.160. The van der Waals surface area contributed by atoms with E-state index in [0.717, 1.165) is 39.3 Å². The molecular weight excluding hydrogens is 264 g/mol. The van der Waals surface area contributed by atoms with Gasteiger partial charge in [0.2, 0.25) is 0 Å². The summed E-state index contributed by atoms with van der Waals surface area (Å²) in [6, 6.07) is 1.91. The van der Waals surface area contributed by atoms with Crippen LogP contribution in [-0.2, 0) is 9.47 Å². The molecule has 0 saturated carbocycles. The Morgan fingerprint density at radius 1 is 0.619 bits per heavy atom. The molecule has 0 fully saturated rings. The summed E-state index contributed by atoms with van der Waals surface area (Å²) in [6.45, 7) is 16.3. The third kappa shape index (κ3) is 16.0. The second-order valence-electron chi connectivity index (χ2n) is 6.66. The summed E-state index contributed by atoms with van der Waals surface area (Å²) < 4.78 is 11.3. The molecule has 0 aliphatic carbocycles. The van der Waals surface area contributed by atoms with Crippen LogP contribution in [0.15, 0.2) is 0 Å². The average molecular weight is 303 g/mol. The minimum Gasteiger partial charge on any atom is -0.380 e. The highest BCUT2D eigenvalue weighted by atomic mass is 16.5. The van der Waals surface area contributed by atoms with Gasteiger partial charge in [0.1, 0.15) is 0 Å². The van der Waals surface area contributed by atoms with Crippen molar-refractivity contribution in [3.63, 3.8) is 0 Å². The van der Waals surface area contributed by atoms with Gasteiger partial charge in [-0.15, -0.1) is 0 Å². The van der Waals surface area contributed by atoms with Crippen molar-refractivity contribution in [3.8, 4) is 0 Å². The largest absolute Gasteiger partial charge is 0.380 e. The first-order chi connectivity index (χ1) is 9.91. The second kappa shape index (κ2) is 13.5. The number of unbranched alkanes of at least 4 members (excludes halogenated alkanes) is 2. The van der Waals surface area contributed by atoms with Gasteiger partial charge in [-0.3, -0.25) is 0 Å². The highest BCUT2D eigenvalue weighted by Gasteiger charge is 2.04. The van der Waals surface area contributed by atoms with Crippen molar-refractivity contribution in [2.75, 3.05) is 26.4 Å². The lowest BCUT2D eigenvalue weighted by molar-refractivity contribution is 0.0961. The molecule has 128 valence electrons. The predicted molar refractivity (Wildman–Crippen MR) is 91.0 cm³/mol. The fraction of sp³-hybridized carbons (Fsp3) is 1.00. The van der Waals surface area contributed by atoms with E-state index in [9.17, 15) is 0 Å². The molecule has 2 N–H and O–H groups in total. The van der Waals surface area contributed by atoms with Crippen molar-refractivity contribution in [3.05, 3.63) is 0 Å². The van der Waals surface area contributed by atoms with E-state index in [-0.39, 0.29) is 0 Å². The molecule has 0 aromatic carbocycles. The average Bonchev–Trinajstić information content (AvgIpc) is 2.34. The van der Waals surface area contributed by atoms with Crippen LogP contribution >= 0.6 is 0 Å². The molecule has 0 unspecified atom stereocenters. The van der Waals surface area contributed by atoms with Crippen molar-refractivity contribution < 1.29 is 9.47 Å². The maximum atomic E-state index is 5.67. The van der Waals surface area contributed by atoms with Gasteiger partial charge in [0.05, 0.1) is 13.2 Å². The second-order valence-corrected chi connectivity index (χ2v) is 6.66. The molecule has 2 atom stereocenters. The Kier molecular flexibility index (Phi) is 13.4. The van der Waals surface area contributed by atoms with Gasteiger partial charge >= 0.3 is 0 Å². The fourth-order valence-corrected chi connectivity index (χ4v) is 2.34. The molecule has 4 nitrogen and oxygen atoms in total. The quantitative estimate of drug-likeness (QED) is 0.484. The van der Waals surface area contributed by atoms with Crippen LogP contribution in [0.5, 0.6) is 0 Å². The topological polar surface area (TPSA) is 42.5 Å². The summed E-state index contributed by atoms with van der Waals surface area (Å²) in [5.74, 6) is 0. The van der Waals surface area contributed by atoms with Crippen molar-refractivity contribution in [2.45, 2.75) is 85.0 Å². The Labute approximate surface area is 132 Å². The van der Waals surface area contributed by atoms with Crippen molar-refractivity contribution in [1.82, 2.24) is 10.6 Å². The molecule has 0 aliphatic rings. The van der Waals surface area contributed by atoms with Crippen LogP contribution in [0, 0.1) is 0 Å². The fourth-order valence-electron chi connectivity index (χ4n) is 2.34. The zero-order valence-corrected chi connectivity index (χ0v) is 15.1. The van der Waals surface area contributed by atoms with Crippen LogP contribution in [0.4, 0.5) is 0 Å². The predicted octanol–water partition coefficient (Wildman–Crippen LogP) is 2.96. The minimum absolute atomic E-state index is 0.434. The summed E-state index contributed by atoms with van der Waals surface area (Å²) in [5, 5.41) is 6.87. The monoisotopic (exact) mass is 302 g/mol. The molecule has 0 saturated heterocycles. The van der Waals surface area contributed by atoms with Crippen molar-refractivity contribution >= 4 is 0 Å². The zero-order chi connectivity index (χ0) is 16.1. The first-order valence-electron chi connectivity index (χ1n) is 8.59. The summed E-state index contributed by atoms with van der Waals surface area (Å²) in [4.78, 5) is 0. The summed E-state index contributed by atoms with van der Waals surface area (Å²) in [5.41, 5.74) is 0. The van der Waals surface area contributed by atoms with Crippen LogP contribution in [0.25, 0.3) is 0 Å². The zero-order valence-electron chi connectivity index (χ0n) is 15.1. The van der Waals surface area contributed by atoms with E-state index >= 15 is 0 Å². The molecule has 0 rings (SSSR count). The Morgan fingerprint density at radius 2 is 1.00 bits per heavy atom. The van der Waals surface area contributed by atoms with Gasteiger partial charge in [-0.05, 0) is 33.1 Å². The van der Waals surface area contributed by atoms with Crippen molar-refractivity contribution in [2.24, 2.45) is 0 Å². The standard InChI is InChI=1S/C17H38N2O2/c1-14(2)18-16(5)12-20-10-8-7-9-11-21-13-17(6)19-15(3)4/h14-19H,7-13H2,1-6H3/t16-,17-/m0/s1. The summed E-state index contributed by atoms with van der Waals surface area (Å²) in [6.07, 6.45) is 3.42. The smallest absolute Gasteiger partial charge is 0.0616 e. The maximum Gasteiger partial charge on any atom is 0.0616 e. The van der Waals surface area contributed by atoms with Crippen LogP contribution < -0.4 is 10.6 Å². The molecule has 4 heteroatoms. The lowest BCUT2D eigenvalue weighted by Crippen LogP contribution is -2.35. The van der Waals surface area contributed by atoms with E-state index < -0.39 is 0 Å². The molecule has 0 aromatic heterocycles. The summed E-state index contributed by atoms with van der Waals surface area (Å²) >= 11 is 0. The maximum absolute atomic E-state index is 5.67. The molecule has 0 bridgehead atoms. The highest BCUT2D eigenvalue weighted by Crippen LogP contribution is 1.98. The Morgan fingerprint density at radius 3 is 1.33 bits per heavy atom. The minimum atomic E-state index is 0.434. The molecule has 21 heavy (non-hydrogen) atoms. The van der Waals surface area contributed by atoms with Crippen molar-refractivity contribution in [1.29, 1.82) is 0 Å². The lowest BCUT2D eigenvalue weighted by Gasteiger charge is -2.17. The molecule has 0 aliphatic heterocycles. The van der Waals surface area contributed by atoms with Gasteiger partial charge < -0.3 is 20.1 Å². The lowest BCUT2D eigenvalue weighted by atomic mass is 10.2. The highest BCUT2D eigenvalue weighted by molar-refractivity contribution is 4.63. The van der Waals surface area contributed by atoms with Gasteiger partial charge in [-0.25, -0.2) is 0 Å². The molecule has 0 heterocycles. The first-order valence-corrected chi connectivity index (χ1v) is 8.59. The van der Waals surface area contributed by atoms with Gasteiger partial charge in [0.25, 0.3) is 0 Å². The number of nitrogens with one attached hydrogen (secondary N) is 2. The molecule has 0 spiro atoms. The summed E-state index contributed by atoms with van der Waals surface area (Å²) in [7, 11) is 0. The van der Waals surface area contributed by atoms with Gasteiger partial charge in [-0.2, -0.15) is 0 Å². The molecule has 0 amide bonds. The van der Waals surface area contributed by atoms with Gasteiger partial charge in [0.15, 0.2) is 0 Å². The SMILES string of the molecule is CC(C)N[C@@H](C)COCCCCCOC[C@H](C)NC(C)C. The van der Waals surface area contributed by atoms with Gasteiger partial charge in [-0.1, -0.05) is 27.7 Å². The number of ether oxygens (including phenoxy) is 2. The Bertz CT molecular complexity index is 201. The normalized spacial score (nSPS) is 14.9. The number of rotatable bonds is 14. The van der Waals surface area contributed by atoms with Gasteiger partial charge in [0, 0.05) is 37.4 Å². The Balaban J connectivity index is 3.22. The number of hydrogen-bond acceptors (Lipinski definition) is 4. The van der Waals surface area contributed by atoms with Crippen LogP contribution in [0.1, 0.15) is 60.8 Å². The molecule has 0 radical (unpaired) electrons. The van der Waals surface area contributed by atoms with E-state index in [0.29, 0.717) is 24.2 Å². The third-order valence-corrected chi connectivity index (χ3v) is 3.05. The van der Waals surface area contributed by atoms with E-state index in [1.807, 2.05) is 0 Å².